The number of benzene rings is 2. The fourth-order valence-corrected chi connectivity index (χ4v) is 5.72. The van der Waals surface area contributed by atoms with E-state index < -0.39 is 7.26 Å². The Morgan fingerprint density at radius 2 is 1.26 bits per heavy atom. The van der Waals surface area contributed by atoms with Crippen molar-refractivity contribution in [3.8, 4) is 0 Å². The second-order valence-electron chi connectivity index (χ2n) is 5.38. The summed E-state index contributed by atoms with van der Waals surface area (Å²) in [7, 11) is -1.03. The molecule has 98 valence electrons. The van der Waals surface area contributed by atoms with Crippen molar-refractivity contribution in [2.24, 2.45) is 0 Å². The maximum Gasteiger partial charge on any atom is 0.0846 e. The zero-order chi connectivity index (χ0) is 13.6. The molecule has 0 aliphatic carbocycles. The van der Waals surface area contributed by atoms with Gasteiger partial charge in [0.05, 0.1) is 18.5 Å². The SMILES string of the molecule is C=CC[P+](C)(Cc1ccccc1)Cc1ccccc1. The minimum atomic E-state index is -1.03. The van der Waals surface area contributed by atoms with Crippen LogP contribution in [-0.2, 0) is 12.3 Å². The maximum atomic E-state index is 3.96. The van der Waals surface area contributed by atoms with Crippen molar-refractivity contribution >= 4 is 7.26 Å². The Kier molecular flexibility index (Phi) is 4.93. The third-order valence-corrected chi connectivity index (χ3v) is 6.78. The lowest BCUT2D eigenvalue weighted by Crippen LogP contribution is -2.03. The van der Waals surface area contributed by atoms with E-state index in [9.17, 15) is 0 Å². The Morgan fingerprint density at radius 1 is 0.842 bits per heavy atom. The number of hydrogen-bond acceptors (Lipinski definition) is 0. The van der Waals surface area contributed by atoms with Crippen molar-refractivity contribution < 1.29 is 0 Å². The van der Waals surface area contributed by atoms with E-state index >= 15 is 0 Å². The van der Waals surface area contributed by atoms with Crippen LogP contribution in [0.4, 0.5) is 0 Å². The number of hydrogen-bond donors (Lipinski definition) is 0. The quantitative estimate of drug-likeness (QED) is 0.498. The largest absolute Gasteiger partial charge is 0.0995 e. The van der Waals surface area contributed by atoms with Gasteiger partial charge in [0.1, 0.15) is 0 Å². The first-order valence-corrected chi connectivity index (χ1v) is 9.53. The van der Waals surface area contributed by atoms with Gasteiger partial charge in [-0.25, -0.2) is 0 Å². The van der Waals surface area contributed by atoms with E-state index in [1.165, 1.54) is 23.5 Å². The summed E-state index contributed by atoms with van der Waals surface area (Å²) in [4.78, 5) is 0. The van der Waals surface area contributed by atoms with Gasteiger partial charge in [0.25, 0.3) is 0 Å². The van der Waals surface area contributed by atoms with Crippen molar-refractivity contribution in [1.29, 1.82) is 0 Å². The molecule has 0 amide bonds. The summed E-state index contributed by atoms with van der Waals surface area (Å²) in [6.45, 7) is 6.42. The predicted octanol–water partition coefficient (Wildman–Crippen LogP) is 5.22. The first kappa shape index (κ1) is 14.0. The third kappa shape index (κ3) is 4.33. The van der Waals surface area contributed by atoms with Crippen LogP contribution in [0.15, 0.2) is 73.3 Å². The van der Waals surface area contributed by atoms with Crippen LogP contribution in [0, 0.1) is 0 Å². The van der Waals surface area contributed by atoms with Crippen molar-refractivity contribution in [1.82, 2.24) is 0 Å². The monoisotopic (exact) mass is 269 g/mol. The molecule has 0 nitrogen and oxygen atoms in total. The lowest BCUT2D eigenvalue weighted by molar-refractivity contribution is 1.27. The van der Waals surface area contributed by atoms with E-state index in [1.54, 1.807) is 0 Å². The standard InChI is InChI=1S/C18H22P/c1-3-14-19(2,15-17-10-6-4-7-11-17)16-18-12-8-5-9-13-18/h3-13H,1,14-16H2,2H3/q+1. The molecule has 2 rings (SSSR count). The first-order valence-electron chi connectivity index (χ1n) is 6.74. The Morgan fingerprint density at radius 3 is 1.63 bits per heavy atom. The molecule has 0 heterocycles. The highest BCUT2D eigenvalue weighted by Gasteiger charge is 2.30. The predicted molar refractivity (Wildman–Crippen MR) is 88.2 cm³/mol. The lowest BCUT2D eigenvalue weighted by atomic mass is 10.2. The van der Waals surface area contributed by atoms with Crippen LogP contribution in [0.3, 0.4) is 0 Å². The summed E-state index contributed by atoms with van der Waals surface area (Å²) in [5.74, 6) is 0. The smallest absolute Gasteiger partial charge is 0.0846 e. The summed E-state index contributed by atoms with van der Waals surface area (Å²) >= 11 is 0. The fourth-order valence-electron chi connectivity index (χ4n) is 2.55. The van der Waals surface area contributed by atoms with Crippen molar-refractivity contribution in [2.75, 3.05) is 12.8 Å². The summed E-state index contributed by atoms with van der Waals surface area (Å²) in [6, 6.07) is 21.7. The molecule has 0 aliphatic heterocycles. The minimum absolute atomic E-state index is 1.03. The van der Waals surface area contributed by atoms with Gasteiger partial charge in [-0.05, 0) is 11.1 Å². The molecule has 2 aromatic rings. The highest BCUT2D eigenvalue weighted by Crippen LogP contribution is 2.60. The number of allylic oxidation sites excluding steroid dienone is 1. The van der Waals surface area contributed by atoms with E-state index in [0.717, 1.165) is 6.16 Å². The molecule has 0 atom stereocenters. The molecule has 0 fully saturated rings. The van der Waals surface area contributed by atoms with Gasteiger partial charge >= 0.3 is 0 Å². The van der Waals surface area contributed by atoms with Crippen LogP contribution in [0.25, 0.3) is 0 Å². The van der Waals surface area contributed by atoms with Crippen molar-refractivity contribution in [3.63, 3.8) is 0 Å². The molecule has 1 heteroatoms. The van der Waals surface area contributed by atoms with Gasteiger partial charge in [0.15, 0.2) is 0 Å². The van der Waals surface area contributed by atoms with Gasteiger partial charge in [-0.1, -0.05) is 73.3 Å². The van der Waals surface area contributed by atoms with Crippen LogP contribution in [0.1, 0.15) is 11.1 Å². The zero-order valence-electron chi connectivity index (χ0n) is 11.6. The van der Waals surface area contributed by atoms with Gasteiger partial charge < -0.3 is 0 Å². The summed E-state index contributed by atoms with van der Waals surface area (Å²) in [5, 5.41) is 0. The van der Waals surface area contributed by atoms with Crippen LogP contribution in [0.2, 0.25) is 0 Å². The lowest BCUT2D eigenvalue weighted by Gasteiger charge is -2.22. The van der Waals surface area contributed by atoms with Gasteiger partial charge in [-0.3, -0.25) is 0 Å². The average Bonchev–Trinajstić information content (AvgIpc) is 2.41. The van der Waals surface area contributed by atoms with Gasteiger partial charge in [0, 0.05) is 13.9 Å². The second kappa shape index (κ2) is 6.68. The minimum Gasteiger partial charge on any atom is -0.0995 e. The normalized spacial score (nSPS) is 11.2. The maximum absolute atomic E-state index is 3.96. The average molecular weight is 269 g/mol. The van der Waals surface area contributed by atoms with Crippen molar-refractivity contribution in [2.45, 2.75) is 12.3 Å². The van der Waals surface area contributed by atoms with Crippen LogP contribution in [-0.4, -0.2) is 12.8 Å². The molecule has 0 radical (unpaired) electrons. The molecule has 0 aromatic heterocycles. The van der Waals surface area contributed by atoms with E-state index in [2.05, 4.69) is 80.0 Å². The highest BCUT2D eigenvalue weighted by atomic mass is 31.2. The topological polar surface area (TPSA) is 0 Å². The fraction of sp³-hybridized carbons (Fsp3) is 0.222. The zero-order valence-corrected chi connectivity index (χ0v) is 12.5. The van der Waals surface area contributed by atoms with Crippen LogP contribution >= 0.6 is 7.26 Å². The second-order valence-corrected chi connectivity index (χ2v) is 9.61. The Hall–Kier alpha value is -1.39. The molecule has 0 bridgehead atoms. The summed E-state index contributed by atoms with van der Waals surface area (Å²) in [5.41, 5.74) is 2.91. The molecule has 2 aromatic carbocycles. The van der Waals surface area contributed by atoms with E-state index in [1.807, 2.05) is 0 Å². The first-order chi connectivity index (χ1) is 9.22. The molecule has 0 unspecified atom stereocenters. The third-order valence-electron chi connectivity index (χ3n) is 3.38. The van der Waals surface area contributed by atoms with Gasteiger partial charge in [-0.15, -0.1) is 0 Å². The van der Waals surface area contributed by atoms with Crippen molar-refractivity contribution in [3.05, 3.63) is 84.4 Å². The highest BCUT2D eigenvalue weighted by molar-refractivity contribution is 7.73. The van der Waals surface area contributed by atoms with Crippen LogP contribution in [0.5, 0.6) is 0 Å². The molecule has 0 N–H and O–H groups in total. The molecule has 0 saturated heterocycles. The molecular weight excluding hydrogens is 247 g/mol. The summed E-state index contributed by atoms with van der Waals surface area (Å²) < 4.78 is 0. The molecule has 19 heavy (non-hydrogen) atoms. The number of rotatable bonds is 6. The Bertz CT molecular complexity index is 460. The van der Waals surface area contributed by atoms with Gasteiger partial charge in [0.2, 0.25) is 0 Å². The van der Waals surface area contributed by atoms with E-state index in [-0.39, 0.29) is 0 Å². The summed E-state index contributed by atoms with van der Waals surface area (Å²) in [6.07, 6.45) is 5.65. The van der Waals surface area contributed by atoms with Gasteiger partial charge in [-0.2, -0.15) is 0 Å². The van der Waals surface area contributed by atoms with Crippen LogP contribution < -0.4 is 0 Å². The Balaban J connectivity index is 2.15. The Labute approximate surface area is 117 Å². The van der Waals surface area contributed by atoms with E-state index in [4.69, 9.17) is 0 Å². The molecular formula is C18H22P+. The van der Waals surface area contributed by atoms with E-state index in [0.29, 0.717) is 0 Å². The molecule has 0 spiro atoms. The molecule has 0 saturated carbocycles. The molecule has 0 aliphatic rings.